The van der Waals surface area contributed by atoms with Crippen molar-refractivity contribution in [3.8, 4) is 17.2 Å². The fourth-order valence-corrected chi connectivity index (χ4v) is 1.94. The van der Waals surface area contributed by atoms with E-state index < -0.39 is 5.91 Å². The predicted molar refractivity (Wildman–Crippen MR) is 80.3 cm³/mol. The number of hydrogen-bond donors (Lipinski definition) is 2. The van der Waals surface area contributed by atoms with E-state index in [2.05, 4.69) is 5.32 Å². The van der Waals surface area contributed by atoms with Gasteiger partial charge in [0.15, 0.2) is 0 Å². The largest absolute Gasteiger partial charge is 0.507 e. The highest BCUT2D eigenvalue weighted by Crippen LogP contribution is 2.30. The number of carbonyl (C=O) groups excluding carboxylic acids is 1. The van der Waals surface area contributed by atoms with E-state index in [-0.39, 0.29) is 11.3 Å². The number of carbonyl (C=O) groups is 1. The van der Waals surface area contributed by atoms with Gasteiger partial charge in [-0.05, 0) is 30.7 Å². The number of aromatic hydroxyl groups is 1. The molecule has 0 aliphatic rings. The standard InChI is InChI=1S/C16H17NO4/c1-10-5-4-6-12(15(10)18)16(19)17-13-9-11(20-2)7-8-14(13)21-3/h4-9,18H,1-3H3,(H,17,19). The number of aryl methyl sites for hydroxylation is 1. The van der Waals surface area contributed by atoms with Crippen molar-refractivity contribution in [3.63, 3.8) is 0 Å². The van der Waals surface area contributed by atoms with Crippen LogP contribution in [-0.2, 0) is 0 Å². The molecule has 21 heavy (non-hydrogen) atoms. The molecule has 2 N–H and O–H groups in total. The van der Waals surface area contributed by atoms with Crippen LogP contribution in [0, 0.1) is 6.92 Å². The van der Waals surface area contributed by atoms with Gasteiger partial charge in [-0.3, -0.25) is 4.79 Å². The van der Waals surface area contributed by atoms with E-state index in [9.17, 15) is 9.90 Å². The van der Waals surface area contributed by atoms with Crippen LogP contribution in [0.3, 0.4) is 0 Å². The average molecular weight is 287 g/mol. The lowest BCUT2D eigenvalue weighted by Gasteiger charge is -2.12. The first-order valence-corrected chi connectivity index (χ1v) is 6.38. The average Bonchev–Trinajstić information content (AvgIpc) is 2.49. The molecule has 2 aromatic rings. The van der Waals surface area contributed by atoms with Gasteiger partial charge in [-0.25, -0.2) is 0 Å². The number of para-hydroxylation sites is 1. The maximum absolute atomic E-state index is 12.3. The predicted octanol–water partition coefficient (Wildman–Crippen LogP) is 2.97. The topological polar surface area (TPSA) is 67.8 Å². The van der Waals surface area contributed by atoms with Crippen LogP contribution in [0.2, 0.25) is 0 Å². The van der Waals surface area contributed by atoms with Crippen LogP contribution in [0.5, 0.6) is 17.2 Å². The lowest BCUT2D eigenvalue weighted by molar-refractivity contribution is 0.102. The Balaban J connectivity index is 2.33. The molecule has 2 rings (SSSR count). The molecule has 0 aliphatic heterocycles. The van der Waals surface area contributed by atoms with Crippen LogP contribution >= 0.6 is 0 Å². The van der Waals surface area contributed by atoms with Gasteiger partial charge in [0, 0.05) is 6.07 Å². The van der Waals surface area contributed by atoms with Gasteiger partial charge in [0.1, 0.15) is 17.2 Å². The molecule has 0 saturated carbocycles. The normalized spacial score (nSPS) is 10.0. The smallest absolute Gasteiger partial charge is 0.259 e. The molecule has 0 fully saturated rings. The third-order valence-corrected chi connectivity index (χ3v) is 3.14. The highest BCUT2D eigenvalue weighted by Gasteiger charge is 2.15. The Hall–Kier alpha value is -2.69. The number of rotatable bonds is 4. The maximum atomic E-state index is 12.3. The van der Waals surface area contributed by atoms with Gasteiger partial charge in [0.2, 0.25) is 0 Å². The van der Waals surface area contributed by atoms with Crippen LogP contribution in [0.4, 0.5) is 5.69 Å². The van der Waals surface area contributed by atoms with Crippen molar-refractivity contribution < 1.29 is 19.4 Å². The summed E-state index contributed by atoms with van der Waals surface area (Å²) in [7, 11) is 3.06. The fraction of sp³-hybridized carbons (Fsp3) is 0.188. The van der Waals surface area contributed by atoms with Crippen molar-refractivity contribution in [1.29, 1.82) is 0 Å². The zero-order chi connectivity index (χ0) is 15.4. The molecule has 1 amide bonds. The Labute approximate surface area is 123 Å². The van der Waals surface area contributed by atoms with Crippen molar-refractivity contribution in [3.05, 3.63) is 47.5 Å². The summed E-state index contributed by atoms with van der Waals surface area (Å²) in [6.07, 6.45) is 0. The van der Waals surface area contributed by atoms with E-state index >= 15 is 0 Å². The molecule has 0 aliphatic carbocycles. The number of nitrogens with one attached hydrogen (secondary N) is 1. The molecule has 5 nitrogen and oxygen atoms in total. The number of benzene rings is 2. The maximum Gasteiger partial charge on any atom is 0.259 e. The summed E-state index contributed by atoms with van der Waals surface area (Å²) in [6.45, 7) is 1.73. The number of hydrogen-bond acceptors (Lipinski definition) is 4. The molecule has 0 aromatic heterocycles. The number of phenols is 1. The highest BCUT2D eigenvalue weighted by atomic mass is 16.5. The van der Waals surface area contributed by atoms with Gasteiger partial charge < -0.3 is 19.9 Å². The zero-order valence-corrected chi connectivity index (χ0v) is 12.1. The molecule has 0 heterocycles. The Kier molecular flexibility index (Phi) is 4.33. The molecular weight excluding hydrogens is 270 g/mol. The van der Waals surface area contributed by atoms with Gasteiger partial charge in [-0.15, -0.1) is 0 Å². The minimum absolute atomic E-state index is 0.0307. The van der Waals surface area contributed by atoms with Crippen LogP contribution in [0.25, 0.3) is 0 Å². The van der Waals surface area contributed by atoms with Crippen molar-refractivity contribution in [2.24, 2.45) is 0 Å². The highest BCUT2D eigenvalue weighted by molar-refractivity contribution is 6.07. The van der Waals surface area contributed by atoms with Gasteiger partial charge in [-0.1, -0.05) is 12.1 Å². The number of amides is 1. The summed E-state index contributed by atoms with van der Waals surface area (Å²) < 4.78 is 10.3. The number of anilines is 1. The summed E-state index contributed by atoms with van der Waals surface area (Å²) in [6, 6.07) is 10.1. The number of methoxy groups -OCH3 is 2. The molecule has 0 bridgehead atoms. The third-order valence-electron chi connectivity index (χ3n) is 3.14. The molecule has 5 heteroatoms. The van der Waals surface area contributed by atoms with E-state index in [0.29, 0.717) is 22.7 Å². The summed E-state index contributed by atoms with van der Waals surface area (Å²) in [5, 5.41) is 12.7. The Morgan fingerprint density at radius 1 is 1.14 bits per heavy atom. The minimum atomic E-state index is -0.414. The van der Waals surface area contributed by atoms with Crippen molar-refractivity contribution in [1.82, 2.24) is 0 Å². The van der Waals surface area contributed by atoms with E-state index in [4.69, 9.17) is 9.47 Å². The van der Waals surface area contributed by atoms with Crippen LogP contribution in [0.15, 0.2) is 36.4 Å². The Bertz CT molecular complexity index is 667. The molecule has 0 atom stereocenters. The summed E-state index contributed by atoms with van der Waals surface area (Å²) >= 11 is 0. The van der Waals surface area contributed by atoms with Gasteiger partial charge in [0.25, 0.3) is 5.91 Å². The molecule has 2 aromatic carbocycles. The second-order valence-electron chi connectivity index (χ2n) is 4.49. The second kappa shape index (κ2) is 6.17. The Morgan fingerprint density at radius 2 is 1.90 bits per heavy atom. The van der Waals surface area contributed by atoms with E-state index in [0.717, 1.165) is 0 Å². The first kappa shape index (κ1) is 14.7. The summed E-state index contributed by atoms with van der Waals surface area (Å²) in [4.78, 5) is 12.3. The third kappa shape index (κ3) is 3.08. The van der Waals surface area contributed by atoms with Crippen molar-refractivity contribution >= 4 is 11.6 Å². The van der Waals surface area contributed by atoms with Gasteiger partial charge in [-0.2, -0.15) is 0 Å². The summed E-state index contributed by atoms with van der Waals surface area (Å²) in [5.74, 6) is 0.662. The van der Waals surface area contributed by atoms with Gasteiger partial charge in [0.05, 0.1) is 25.5 Å². The van der Waals surface area contributed by atoms with E-state index in [1.54, 1.807) is 50.4 Å². The lowest BCUT2D eigenvalue weighted by atomic mass is 10.1. The van der Waals surface area contributed by atoms with Crippen LogP contribution in [0.1, 0.15) is 15.9 Å². The van der Waals surface area contributed by atoms with Gasteiger partial charge >= 0.3 is 0 Å². The van der Waals surface area contributed by atoms with Crippen LogP contribution in [-0.4, -0.2) is 25.2 Å². The molecule has 0 spiro atoms. The summed E-state index contributed by atoms with van der Waals surface area (Å²) in [5.41, 5.74) is 1.32. The first-order chi connectivity index (χ1) is 10.1. The molecule has 110 valence electrons. The van der Waals surface area contributed by atoms with E-state index in [1.807, 2.05) is 0 Å². The van der Waals surface area contributed by atoms with E-state index in [1.165, 1.54) is 7.11 Å². The SMILES string of the molecule is COc1ccc(OC)c(NC(=O)c2cccc(C)c2O)c1. The first-order valence-electron chi connectivity index (χ1n) is 6.38. The lowest BCUT2D eigenvalue weighted by Crippen LogP contribution is -2.13. The zero-order valence-electron chi connectivity index (χ0n) is 12.1. The van der Waals surface area contributed by atoms with Crippen molar-refractivity contribution in [2.45, 2.75) is 6.92 Å². The second-order valence-corrected chi connectivity index (χ2v) is 4.49. The molecule has 0 saturated heterocycles. The number of phenolic OH excluding ortho intramolecular Hbond substituents is 1. The molecule has 0 radical (unpaired) electrons. The van der Waals surface area contributed by atoms with Crippen LogP contribution < -0.4 is 14.8 Å². The Morgan fingerprint density at radius 3 is 2.57 bits per heavy atom. The molecule has 0 unspecified atom stereocenters. The quantitative estimate of drug-likeness (QED) is 0.907. The van der Waals surface area contributed by atoms with Crippen molar-refractivity contribution in [2.75, 3.05) is 19.5 Å². The number of ether oxygens (including phenoxy) is 2. The minimum Gasteiger partial charge on any atom is -0.507 e. The monoisotopic (exact) mass is 287 g/mol. The molecular formula is C16H17NO4. The fourth-order valence-electron chi connectivity index (χ4n) is 1.94.